The summed E-state index contributed by atoms with van der Waals surface area (Å²) in [6, 6.07) is 7.57. The van der Waals surface area contributed by atoms with Crippen LogP contribution in [0.4, 0.5) is 35.3 Å². The Hall–Kier alpha value is -4.56. The Bertz CT molecular complexity index is 1410. The van der Waals surface area contributed by atoms with Gasteiger partial charge in [-0.15, -0.1) is 5.10 Å². The molecule has 3 aromatic rings. The molecular formula is C27H31F3N8O4. The lowest BCUT2D eigenvalue weighted by Crippen LogP contribution is -2.45. The Labute approximate surface area is 239 Å². The van der Waals surface area contributed by atoms with Crippen molar-refractivity contribution in [2.75, 3.05) is 10.6 Å². The second-order valence-electron chi connectivity index (χ2n) is 11.3. The van der Waals surface area contributed by atoms with E-state index in [0.29, 0.717) is 42.0 Å². The highest BCUT2D eigenvalue weighted by atomic mass is 19.4. The molecule has 0 bridgehead atoms. The highest BCUT2D eigenvalue weighted by Gasteiger charge is 2.35. The van der Waals surface area contributed by atoms with Gasteiger partial charge in [0, 0.05) is 36.0 Å². The molecule has 0 spiro atoms. The summed E-state index contributed by atoms with van der Waals surface area (Å²) in [5.41, 5.74) is -1.28. The fourth-order valence-electron chi connectivity index (χ4n) is 5.11. The summed E-state index contributed by atoms with van der Waals surface area (Å²) in [4.78, 5) is 37.9. The third-order valence-electron chi connectivity index (χ3n) is 7.47. The van der Waals surface area contributed by atoms with Crippen molar-refractivity contribution in [3.05, 3.63) is 69.3 Å². The van der Waals surface area contributed by atoms with Crippen molar-refractivity contribution >= 4 is 29.3 Å². The second kappa shape index (κ2) is 12.1. The monoisotopic (exact) mass is 588 g/mol. The molecule has 1 aromatic heterocycles. The standard InChI is InChI=1S/C27H31F3N8O4/c1-26(2,3)18-8-10-21(11-9-18)37(15-16-4-6-17(7-5-16)23(39)32-24-33-35-36-34-24)25(40)31-20-12-19(27(28,29)30)13-22(14-20)38(41)42/h4-7,12-14,18,21H,8-11,15H2,1-3H3,(H,31,40)(H2,32,33,34,35,36,39). The number of aromatic amines is 1. The van der Waals surface area contributed by atoms with Gasteiger partial charge in [-0.2, -0.15) is 18.4 Å². The van der Waals surface area contributed by atoms with Gasteiger partial charge in [0.15, 0.2) is 0 Å². The highest BCUT2D eigenvalue weighted by molar-refractivity contribution is 6.03. The normalized spacial score (nSPS) is 17.4. The van der Waals surface area contributed by atoms with E-state index in [1.165, 1.54) is 0 Å². The maximum absolute atomic E-state index is 13.6. The van der Waals surface area contributed by atoms with Gasteiger partial charge < -0.3 is 10.2 Å². The zero-order chi connectivity index (χ0) is 30.7. The summed E-state index contributed by atoms with van der Waals surface area (Å²) >= 11 is 0. The molecule has 1 aliphatic carbocycles. The van der Waals surface area contributed by atoms with E-state index in [0.717, 1.165) is 18.9 Å². The van der Waals surface area contributed by atoms with Crippen LogP contribution in [0.25, 0.3) is 0 Å². The smallest absolute Gasteiger partial charge is 0.317 e. The number of benzene rings is 2. The van der Waals surface area contributed by atoms with E-state index < -0.39 is 34.3 Å². The number of anilines is 2. The molecule has 0 atom stereocenters. The molecule has 3 N–H and O–H groups in total. The van der Waals surface area contributed by atoms with Crippen LogP contribution in [-0.2, 0) is 12.7 Å². The molecule has 0 saturated heterocycles. The average Bonchev–Trinajstić information content (AvgIpc) is 3.44. The van der Waals surface area contributed by atoms with Gasteiger partial charge in [-0.1, -0.05) is 38.0 Å². The number of hydrogen-bond acceptors (Lipinski definition) is 7. The zero-order valence-electron chi connectivity index (χ0n) is 23.2. The van der Waals surface area contributed by atoms with Crippen LogP contribution in [-0.4, -0.2) is 48.4 Å². The van der Waals surface area contributed by atoms with E-state index in [4.69, 9.17) is 0 Å². The van der Waals surface area contributed by atoms with Crippen LogP contribution in [0.5, 0.6) is 0 Å². The van der Waals surface area contributed by atoms with Gasteiger partial charge in [0.2, 0.25) is 0 Å². The number of nitro groups is 1. The minimum Gasteiger partial charge on any atom is -0.317 e. The molecule has 4 rings (SSSR count). The summed E-state index contributed by atoms with van der Waals surface area (Å²) < 4.78 is 40.3. The van der Waals surface area contributed by atoms with Crippen LogP contribution in [0.15, 0.2) is 42.5 Å². The number of nitro benzene ring substituents is 1. The van der Waals surface area contributed by atoms with Crippen molar-refractivity contribution in [3.8, 4) is 0 Å². The minimum atomic E-state index is -4.84. The minimum absolute atomic E-state index is 0.00705. The van der Waals surface area contributed by atoms with Crippen LogP contribution in [0.3, 0.4) is 0 Å². The fraction of sp³-hybridized carbons (Fsp3) is 0.444. The first-order chi connectivity index (χ1) is 19.7. The molecule has 0 unspecified atom stereocenters. The lowest BCUT2D eigenvalue weighted by atomic mass is 9.71. The summed E-state index contributed by atoms with van der Waals surface area (Å²) in [5, 5.41) is 29.2. The van der Waals surface area contributed by atoms with E-state index in [9.17, 15) is 32.9 Å². The lowest BCUT2D eigenvalue weighted by molar-refractivity contribution is -0.385. The highest BCUT2D eigenvalue weighted by Crippen LogP contribution is 2.40. The van der Waals surface area contributed by atoms with E-state index in [1.807, 2.05) is 0 Å². The number of hydrogen-bond donors (Lipinski definition) is 3. The number of carbonyl (C=O) groups excluding carboxylic acids is 2. The summed E-state index contributed by atoms with van der Waals surface area (Å²) in [7, 11) is 0. The van der Waals surface area contributed by atoms with Crippen molar-refractivity contribution in [2.45, 2.75) is 65.2 Å². The molecule has 1 heterocycles. The molecule has 1 fully saturated rings. The maximum Gasteiger partial charge on any atom is 0.416 e. The van der Waals surface area contributed by atoms with Crippen molar-refractivity contribution in [1.82, 2.24) is 25.5 Å². The van der Waals surface area contributed by atoms with Gasteiger partial charge in [0.25, 0.3) is 17.5 Å². The molecule has 1 aliphatic rings. The number of urea groups is 1. The van der Waals surface area contributed by atoms with E-state index in [1.54, 1.807) is 29.2 Å². The molecular weight excluding hydrogens is 557 g/mol. The first-order valence-corrected chi connectivity index (χ1v) is 13.3. The van der Waals surface area contributed by atoms with E-state index in [-0.39, 0.29) is 29.6 Å². The summed E-state index contributed by atoms with van der Waals surface area (Å²) in [6.45, 7) is 6.60. The first-order valence-electron chi connectivity index (χ1n) is 13.3. The summed E-state index contributed by atoms with van der Waals surface area (Å²) in [5.74, 6) is -0.0152. The lowest BCUT2D eigenvalue weighted by Gasteiger charge is -2.41. The van der Waals surface area contributed by atoms with Crippen LogP contribution in [0, 0.1) is 21.4 Å². The van der Waals surface area contributed by atoms with Gasteiger partial charge in [0.05, 0.1) is 10.5 Å². The predicted octanol–water partition coefficient (Wildman–Crippen LogP) is 6.02. The van der Waals surface area contributed by atoms with Gasteiger partial charge in [0.1, 0.15) is 0 Å². The number of amides is 3. The van der Waals surface area contributed by atoms with Crippen molar-refractivity contribution < 1.29 is 27.7 Å². The number of non-ortho nitro benzene ring substituents is 1. The quantitative estimate of drug-likeness (QED) is 0.225. The van der Waals surface area contributed by atoms with Crippen LogP contribution < -0.4 is 10.6 Å². The Morgan fingerprint density at radius 1 is 1.05 bits per heavy atom. The third-order valence-corrected chi connectivity index (χ3v) is 7.47. The summed E-state index contributed by atoms with van der Waals surface area (Å²) in [6.07, 6.45) is -1.74. The van der Waals surface area contributed by atoms with Gasteiger partial charge in [-0.05, 0) is 66.0 Å². The number of H-pyrrole nitrogens is 1. The average molecular weight is 589 g/mol. The topological polar surface area (TPSA) is 159 Å². The molecule has 0 radical (unpaired) electrons. The van der Waals surface area contributed by atoms with E-state index >= 15 is 0 Å². The van der Waals surface area contributed by atoms with Crippen LogP contribution in [0.1, 0.15) is 67.9 Å². The van der Waals surface area contributed by atoms with Gasteiger partial charge in [-0.3, -0.25) is 20.2 Å². The number of nitrogens with one attached hydrogen (secondary N) is 3. The van der Waals surface area contributed by atoms with Gasteiger partial charge in [-0.25, -0.2) is 4.79 Å². The SMILES string of the molecule is CC(C)(C)C1CCC(N(Cc2ccc(C(=O)Nc3nn[nH]n3)cc2)C(=O)Nc2cc([N+](=O)[O-])cc(C(F)(F)F)c2)CC1. The Balaban J connectivity index is 1.56. The Morgan fingerprint density at radius 2 is 1.71 bits per heavy atom. The second-order valence-corrected chi connectivity index (χ2v) is 11.3. The predicted molar refractivity (Wildman–Crippen MR) is 146 cm³/mol. The number of nitrogens with zero attached hydrogens (tertiary/aromatic N) is 5. The van der Waals surface area contributed by atoms with Crippen molar-refractivity contribution in [2.24, 2.45) is 11.3 Å². The van der Waals surface area contributed by atoms with Gasteiger partial charge >= 0.3 is 12.2 Å². The number of halogens is 3. The molecule has 0 aliphatic heterocycles. The fourth-order valence-corrected chi connectivity index (χ4v) is 5.11. The number of carbonyl (C=O) groups is 2. The molecule has 2 aromatic carbocycles. The zero-order valence-corrected chi connectivity index (χ0v) is 23.2. The number of tetrazole rings is 1. The largest absolute Gasteiger partial charge is 0.416 e. The molecule has 3 amide bonds. The first kappa shape index (κ1) is 30.4. The van der Waals surface area contributed by atoms with Crippen molar-refractivity contribution in [3.63, 3.8) is 0 Å². The molecule has 15 heteroatoms. The number of aromatic nitrogens is 4. The molecule has 42 heavy (non-hydrogen) atoms. The van der Waals surface area contributed by atoms with Crippen LogP contribution in [0.2, 0.25) is 0 Å². The third kappa shape index (κ3) is 7.59. The van der Waals surface area contributed by atoms with Crippen LogP contribution >= 0.6 is 0 Å². The number of alkyl halides is 3. The van der Waals surface area contributed by atoms with Crippen molar-refractivity contribution in [1.29, 1.82) is 0 Å². The number of rotatable bonds is 7. The molecule has 12 nitrogen and oxygen atoms in total. The Morgan fingerprint density at radius 3 is 2.26 bits per heavy atom. The Kier molecular flexibility index (Phi) is 8.78. The molecule has 1 saturated carbocycles. The maximum atomic E-state index is 13.6. The molecule has 224 valence electrons. The van der Waals surface area contributed by atoms with E-state index in [2.05, 4.69) is 52.0 Å².